The molecule has 2 rings (SSSR count). The molecule has 0 radical (unpaired) electrons. The molecule has 0 amide bonds. The van der Waals surface area contributed by atoms with Crippen molar-refractivity contribution in [1.82, 2.24) is 4.98 Å². The van der Waals surface area contributed by atoms with E-state index in [1.165, 1.54) is 0 Å². The lowest BCUT2D eigenvalue weighted by molar-refractivity contribution is 0.151. The van der Waals surface area contributed by atoms with Gasteiger partial charge < -0.3 is 10.5 Å². The highest BCUT2D eigenvalue weighted by Gasteiger charge is 2.42. The van der Waals surface area contributed by atoms with Crippen LogP contribution in [0.25, 0.3) is 0 Å². The van der Waals surface area contributed by atoms with Crippen LogP contribution in [0.1, 0.15) is 30.5 Å². The first-order chi connectivity index (χ1) is 6.74. The van der Waals surface area contributed by atoms with Crippen LogP contribution in [-0.4, -0.2) is 18.2 Å². The Morgan fingerprint density at radius 2 is 2.43 bits per heavy atom. The summed E-state index contributed by atoms with van der Waals surface area (Å²) in [5.74, 6) is 0. The average molecular weight is 212 g/mol. The normalized spacial score (nSPS) is 18.4. The van der Waals surface area contributed by atoms with Crippen molar-refractivity contribution in [2.75, 3.05) is 13.2 Å². The van der Waals surface area contributed by atoms with Crippen molar-refractivity contribution in [2.24, 2.45) is 5.73 Å². The largest absolute Gasteiger partial charge is 0.381 e. The Bertz CT molecular complexity index is 307. The molecule has 1 aliphatic rings. The number of ether oxygens (including phenoxy) is 1. The monoisotopic (exact) mass is 212 g/mol. The number of thiazole rings is 1. The van der Waals surface area contributed by atoms with Crippen LogP contribution < -0.4 is 5.73 Å². The number of aromatic nitrogens is 1. The minimum Gasteiger partial charge on any atom is -0.381 e. The van der Waals surface area contributed by atoms with Gasteiger partial charge in [0.25, 0.3) is 0 Å². The second-order valence-corrected chi connectivity index (χ2v) is 4.67. The number of hydrogen-bond acceptors (Lipinski definition) is 4. The molecule has 78 valence electrons. The van der Waals surface area contributed by atoms with E-state index in [1.54, 1.807) is 11.3 Å². The van der Waals surface area contributed by atoms with E-state index in [9.17, 15) is 0 Å². The first-order valence-corrected chi connectivity index (χ1v) is 5.94. The fraction of sp³-hybridized carbons (Fsp3) is 0.700. The van der Waals surface area contributed by atoms with Crippen LogP contribution in [0.15, 0.2) is 5.38 Å². The summed E-state index contributed by atoms with van der Waals surface area (Å²) >= 11 is 1.70. The summed E-state index contributed by atoms with van der Waals surface area (Å²) in [6.45, 7) is 3.55. The third-order valence-corrected chi connectivity index (χ3v) is 3.42. The molecule has 1 aromatic heterocycles. The van der Waals surface area contributed by atoms with Crippen LogP contribution in [0, 0.1) is 0 Å². The number of nitrogens with zero attached hydrogens (tertiary/aromatic N) is 1. The summed E-state index contributed by atoms with van der Waals surface area (Å²) in [6, 6.07) is 0. The van der Waals surface area contributed by atoms with Crippen molar-refractivity contribution in [1.29, 1.82) is 0 Å². The molecule has 4 heteroatoms. The van der Waals surface area contributed by atoms with Gasteiger partial charge in [-0.25, -0.2) is 4.98 Å². The molecule has 1 fully saturated rings. The van der Waals surface area contributed by atoms with Crippen LogP contribution in [0.5, 0.6) is 0 Å². The molecule has 0 saturated heterocycles. The molecule has 0 bridgehead atoms. The molecule has 0 atom stereocenters. The van der Waals surface area contributed by atoms with E-state index < -0.39 is 0 Å². The Balaban J connectivity index is 1.90. The third-order valence-electron chi connectivity index (χ3n) is 2.51. The topological polar surface area (TPSA) is 48.1 Å². The summed E-state index contributed by atoms with van der Waals surface area (Å²) in [4.78, 5) is 4.53. The first kappa shape index (κ1) is 10.1. The Morgan fingerprint density at radius 1 is 1.64 bits per heavy atom. The van der Waals surface area contributed by atoms with Gasteiger partial charge in [-0.05, 0) is 19.8 Å². The maximum absolute atomic E-state index is 6.05. The maximum atomic E-state index is 6.05. The predicted octanol–water partition coefficient (Wildman–Crippen LogP) is 1.67. The van der Waals surface area contributed by atoms with Crippen molar-refractivity contribution < 1.29 is 4.74 Å². The van der Waals surface area contributed by atoms with E-state index in [0.29, 0.717) is 0 Å². The lowest BCUT2D eigenvalue weighted by Gasteiger charge is -2.02. The van der Waals surface area contributed by atoms with Gasteiger partial charge in [-0.15, -0.1) is 11.3 Å². The summed E-state index contributed by atoms with van der Waals surface area (Å²) in [5.41, 5.74) is 7.04. The fourth-order valence-electron chi connectivity index (χ4n) is 1.35. The van der Waals surface area contributed by atoms with Crippen molar-refractivity contribution in [3.05, 3.63) is 16.1 Å². The summed E-state index contributed by atoms with van der Waals surface area (Å²) in [5, 5.41) is 3.24. The third kappa shape index (κ3) is 2.13. The Morgan fingerprint density at radius 3 is 3.07 bits per heavy atom. The van der Waals surface area contributed by atoms with Crippen LogP contribution in [0.2, 0.25) is 0 Å². The average Bonchev–Trinajstić information content (AvgIpc) is 2.76. The second kappa shape index (κ2) is 3.96. The van der Waals surface area contributed by atoms with Crippen molar-refractivity contribution in [3.63, 3.8) is 0 Å². The van der Waals surface area contributed by atoms with Crippen molar-refractivity contribution in [2.45, 2.75) is 31.7 Å². The summed E-state index contributed by atoms with van der Waals surface area (Å²) in [7, 11) is 0. The molecule has 0 unspecified atom stereocenters. The molecule has 1 aromatic rings. The molecule has 0 aromatic carbocycles. The van der Waals surface area contributed by atoms with Gasteiger partial charge in [0.05, 0.1) is 22.8 Å². The molecule has 0 aliphatic heterocycles. The molecular formula is C10H16N2OS. The van der Waals surface area contributed by atoms with Crippen molar-refractivity contribution in [3.8, 4) is 0 Å². The number of hydrogen-bond donors (Lipinski definition) is 1. The van der Waals surface area contributed by atoms with Gasteiger partial charge in [-0.1, -0.05) is 0 Å². The molecule has 0 spiro atoms. The molecule has 1 heterocycles. The first-order valence-electron chi connectivity index (χ1n) is 5.06. The van der Waals surface area contributed by atoms with E-state index in [0.717, 1.165) is 43.2 Å². The molecular weight excluding hydrogens is 196 g/mol. The molecule has 3 nitrogen and oxygen atoms in total. The van der Waals surface area contributed by atoms with Gasteiger partial charge >= 0.3 is 0 Å². The van der Waals surface area contributed by atoms with E-state index in [-0.39, 0.29) is 5.54 Å². The van der Waals surface area contributed by atoms with Crippen LogP contribution in [0.3, 0.4) is 0 Å². The minimum atomic E-state index is -0.0830. The van der Waals surface area contributed by atoms with Gasteiger partial charge in [0.1, 0.15) is 0 Å². The van der Waals surface area contributed by atoms with Crippen LogP contribution in [-0.2, 0) is 16.7 Å². The van der Waals surface area contributed by atoms with Gasteiger partial charge in [0.15, 0.2) is 0 Å². The highest BCUT2D eigenvalue weighted by atomic mass is 32.1. The SMILES string of the molecule is CCOCCc1nc(C2(N)CC2)cs1. The van der Waals surface area contributed by atoms with E-state index in [4.69, 9.17) is 10.5 Å². The van der Waals surface area contributed by atoms with Gasteiger partial charge in [-0.3, -0.25) is 0 Å². The van der Waals surface area contributed by atoms with Crippen LogP contribution in [0.4, 0.5) is 0 Å². The van der Waals surface area contributed by atoms with Gasteiger partial charge in [-0.2, -0.15) is 0 Å². The molecule has 1 aliphatic carbocycles. The Kier molecular flexibility index (Phi) is 2.85. The molecule has 14 heavy (non-hydrogen) atoms. The number of rotatable bonds is 5. The highest BCUT2D eigenvalue weighted by Crippen LogP contribution is 2.42. The zero-order valence-electron chi connectivity index (χ0n) is 8.45. The van der Waals surface area contributed by atoms with Crippen molar-refractivity contribution >= 4 is 11.3 Å². The van der Waals surface area contributed by atoms with E-state index in [1.807, 2.05) is 6.92 Å². The summed E-state index contributed by atoms with van der Waals surface area (Å²) < 4.78 is 5.28. The Hall–Kier alpha value is -0.450. The van der Waals surface area contributed by atoms with Gasteiger partial charge in [0, 0.05) is 18.4 Å². The maximum Gasteiger partial charge on any atom is 0.0952 e. The highest BCUT2D eigenvalue weighted by molar-refractivity contribution is 7.09. The van der Waals surface area contributed by atoms with E-state index in [2.05, 4.69) is 10.4 Å². The molecule has 1 saturated carbocycles. The minimum absolute atomic E-state index is 0.0830. The zero-order chi connectivity index (χ0) is 10.0. The number of nitrogens with two attached hydrogens (primary N) is 1. The standard InChI is InChI=1S/C10H16N2OS/c1-2-13-6-3-9-12-8(7-14-9)10(11)4-5-10/h7H,2-6,11H2,1H3. The quantitative estimate of drug-likeness (QED) is 0.755. The smallest absolute Gasteiger partial charge is 0.0952 e. The summed E-state index contributed by atoms with van der Waals surface area (Å²) in [6.07, 6.45) is 3.08. The Labute approximate surface area is 88.3 Å². The lowest BCUT2D eigenvalue weighted by Crippen LogP contribution is -2.19. The molecule has 2 N–H and O–H groups in total. The zero-order valence-corrected chi connectivity index (χ0v) is 9.27. The second-order valence-electron chi connectivity index (χ2n) is 3.73. The predicted molar refractivity (Wildman–Crippen MR) is 57.4 cm³/mol. The lowest BCUT2D eigenvalue weighted by atomic mass is 10.2. The van der Waals surface area contributed by atoms with E-state index >= 15 is 0 Å². The fourth-order valence-corrected chi connectivity index (χ4v) is 2.24. The van der Waals surface area contributed by atoms with Crippen LogP contribution >= 0.6 is 11.3 Å². The van der Waals surface area contributed by atoms with Gasteiger partial charge in [0.2, 0.25) is 0 Å².